The summed E-state index contributed by atoms with van der Waals surface area (Å²) in [5.41, 5.74) is -0.833. The number of benzene rings is 1. The molecule has 0 bridgehead atoms. The number of alkyl halides is 1. The number of hydrogen-bond donors (Lipinski definition) is 2. The van der Waals surface area contributed by atoms with Crippen molar-refractivity contribution in [2.24, 2.45) is 0 Å². The van der Waals surface area contributed by atoms with Gasteiger partial charge in [-0.3, -0.25) is 14.3 Å². The summed E-state index contributed by atoms with van der Waals surface area (Å²) >= 11 is 0. The fraction of sp³-hybridized carbons (Fsp3) is 0.474. The van der Waals surface area contributed by atoms with Gasteiger partial charge in [-0.15, -0.1) is 0 Å². The summed E-state index contributed by atoms with van der Waals surface area (Å²) in [4.78, 5) is 28.1. The number of anilines is 1. The molecule has 1 aromatic heterocycles. The normalized spacial score (nSPS) is 22.4. The minimum absolute atomic E-state index is 0.0759. The lowest BCUT2D eigenvalue weighted by Gasteiger charge is -2.31. The number of H-pyrrole nitrogens is 1. The van der Waals surface area contributed by atoms with Crippen molar-refractivity contribution in [2.45, 2.75) is 37.5 Å². The van der Waals surface area contributed by atoms with E-state index in [4.69, 9.17) is 9.47 Å². The maximum atomic E-state index is 15.0. The summed E-state index contributed by atoms with van der Waals surface area (Å²) < 4.78 is 40.8. The maximum Gasteiger partial charge on any atom is 0.330 e. The molecule has 2 aliphatic rings. The number of methoxy groups -OCH3 is 1. The average molecular weight is 393 g/mol. The molecule has 0 aliphatic carbocycles. The second kappa shape index (κ2) is 7.38. The molecule has 0 radical (unpaired) electrons. The van der Waals surface area contributed by atoms with Crippen molar-refractivity contribution < 1.29 is 18.3 Å². The highest BCUT2D eigenvalue weighted by Crippen LogP contribution is 2.34. The molecule has 3 heterocycles. The highest BCUT2D eigenvalue weighted by molar-refractivity contribution is 5.50. The molecule has 28 heavy (non-hydrogen) atoms. The molecular formula is C19H21F2N3O4. The summed E-state index contributed by atoms with van der Waals surface area (Å²) in [6.45, 7) is 0.934. The van der Waals surface area contributed by atoms with Gasteiger partial charge < -0.3 is 14.8 Å². The number of ether oxygens (including phenoxy) is 2. The number of nitrogens with zero attached hydrogens (tertiary/aromatic N) is 1. The minimum Gasteiger partial charge on any atom is -0.497 e. The summed E-state index contributed by atoms with van der Waals surface area (Å²) in [6.07, 6.45) is -0.670. The molecule has 2 N–H and O–H groups in total. The van der Waals surface area contributed by atoms with Gasteiger partial charge in [0.05, 0.1) is 18.7 Å². The van der Waals surface area contributed by atoms with E-state index < -0.39 is 29.3 Å². The van der Waals surface area contributed by atoms with Gasteiger partial charge in [0.2, 0.25) is 0 Å². The Kier molecular flexibility index (Phi) is 4.92. The van der Waals surface area contributed by atoms with Gasteiger partial charge in [-0.1, -0.05) is 0 Å². The smallest absolute Gasteiger partial charge is 0.330 e. The predicted molar refractivity (Wildman–Crippen MR) is 98.3 cm³/mol. The quantitative estimate of drug-likeness (QED) is 0.834. The number of aromatic nitrogens is 2. The van der Waals surface area contributed by atoms with Gasteiger partial charge in [-0.05, 0) is 31.0 Å². The number of nitrogens with one attached hydrogen (secondary N) is 2. The summed E-state index contributed by atoms with van der Waals surface area (Å²) in [5, 5.41) is 2.80. The monoisotopic (exact) mass is 393 g/mol. The molecule has 7 nitrogen and oxygen atoms in total. The molecule has 0 saturated carbocycles. The van der Waals surface area contributed by atoms with Gasteiger partial charge in [-0.25, -0.2) is 13.6 Å². The van der Waals surface area contributed by atoms with Crippen LogP contribution in [-0.4, -0.2) is 36.0 Å². The number of aromatic amines is 1. The average Bonchev–Trinajstić information content (AvgIpc) is 2.70. The van der Waals surface area contributed by atoms with Crippen LogP contribution in [0.5, 0.6) is 5.75 Å². The molecule has 0 amide bonds. The lowest BCUT2D eigenvalue weighted by atomic mass is 9.93. The van der Waals surface area contributed by atoms with E-state index in [9.17, 15) is 18.4 Å². The van der Waals surface area contributed by atoms with Gasteiger partial charge in [0.15, 0.2) is 0 Å². The summed E-state index contributed by atoms with van der Waals surface area (Å²) in [6, 6.07) is 2.73. The van der Waals surface area contributed by atoms with Crippen LogP contribution < -0.4 is 21.3 Å². The Morgan fingerprint density at radius 3 is 2.71 bits per heavy atom. The van der Waals surface area contributed by atoms with Crippen LogP contribution in [0.3, 0.4) is 0 Å². The van der Waals surface area contributed by atoms with Crippen molar-refractivity contribution in [3.8, 4) is 5.75 Å². The molecule has 2 atom stereocenters. The standard InChI is InChI=1S/C19H21F2N3O4/c1-27-11-2-3-14(20)12(8-11)16-15(21)9-13-17(22-16)23-19(26)24(18(13)25)10-4-6-28-7-5-10/h2-3,8,10,15-16,22H,4-7,9H2,1H3,(H,23,26)/t15-,16-/m1/s1. The first-order valence-electron chi connectivity index (χ1n) is 9.19. The SMILES string of the molecule is COc1ccc(F)c([C@H]2Nc3[nH]c(=O)n(C4CCOCC4)c(=O)c3C[C@H]2F)c1. The topological polar surface area (TPSA) is 85.3 Å². The van der Waals surface area contributed by atoms with Crippen molar-refractivity contribution in [2.75, 3.05) is 25.6 Å². The Morgan fingerprint density at radius 2 is 2.00 bits per heavy atom. The molecular weight excluding hydrogens is 372 g/mol. The first kappa shape index (κ1) is 18.7. The number of rotatable bonds is 3. The van der Waals surface area contributed by atoms with E-state index in [-0.39, 0.29) is 29.4 Å². The van der Waals surface area contributed by atoms with Gasteiger partial charge in [0.25, 0.3) is 5.56 Å². The minimum atomic E-state index is -1.55. The van der Waals surface area contributed by atoms with E-state index in [1.165, 1.54) is 25.3 Å². The van der Waals surface area contributed by atoms with Crippen LogP contribution in [0, 0.1) is 5.82 Å². The summed E-state index contributed by atoms with van der Waals surface area (Å²) in [5.74, 6) is -0.0682. The van der Waals surface area contributed by atoms with E-state index >= 15 is 0 Å². The molecule has 4 rings (SSSR count). The van der Waals surface area contributed by atoms with Crippen LogP contribution in [0.15, 0.2) is 27.8 Å². The van der Waals surface area contributed by atoms with E-state index in [1.807, 2.05) is 0 Å². The largest absolute Gasteiger partial charge is 0.497 e. The van der Waals surface area contributed by atoms with E-state index in [0.717, 1.165) is 4.57 Å². The number of fused-ring (bicyclic) bond motifs is 1. The highest BCUT2D eigenvalue weighted by atomic mass is 19.1. The Bertz CT molecular complexity index is 998. The van der Waals surface area contributed by atoms with Crippen molar-refractivity contribution >= 4 is 5.82 Å². The number of halogens is 2. The molecule has 9 heteroatoms. The Labute approximate surface area is 159 Å². The van der Waals surface area contributed by atoms with Crippen molar-refractivity contribution in [1.82, 2.24) is 9.55 Å². The zero-order valence-electron chi connectivity index (χ0n) is 15.3. The van der Waals surface area contributed by atoms with Crippen LogP contribution >= 0.6 is 0 Å². The zero-order chi connectivity index (χ0) is 19.8. The second-order valence-electron chi connectivity index (χ2n) is 7.03. The summed E-state index contributed by atoms with van der Waals surface area (Å²) in [7, 11) is 1.43. The molecule has 2 aromatic rings. The van der Waals surface area contributed by atoms with Crippen LogP contribution in [0.4, 0.5) is 14.6 Å². The van der Waals surface area contributed by atoms with Crippen LogP contribution in [0.2, 0.25) is 0 Å². The fourth-order valence-corrected chi connectivity index (χ4v) is 3.89. The van der Waals surface area contributed by atoms with Crippen LogP contribution in [-0.2, 0) is 11.2 Å². The predicted octanol–water partition coefficient (Wildman–Crippen LogP) is 2.08. The lowest BCUT2D eigenvalue weighted by Crippen LogP contribution is -2.45. The fourth-order valence-electron chi connectivity index (χ4n) is 3.89. The van der Waals surface area contributed by atoms with Gasteiger partial charge in [0, 0.05) is 31.2 Å². The molecule has 1 aromatic carbocycles. The molecule has 0 spiro atoms. The first-order valence-corrected chi connectivity index (χ1v) is 9.19. The van der Waals surface area contributed by atoms with E-state index in [0.29, 0.717) is 31.8 Å². The lowest BCUT2D eigenvalue weighted by molar-refractivity contribution is 0.0673. The third kappa shape index (κ3) is 3.19. The van der Waals surface area contributed by atoms with Crippen molar-refractivity contribution in [3.05, 3.63) is 56.0 Å². The van der Waals surface area contributed by atoms with Gasteiger partial charge in [0.1, 0.15) is 23.6 Å². The zero-order valence-corrected chi connectivity index (χ0v) is 15.3. The molecule has 150 valence electrons. The Hall–Kier alpha value is -2.68. The van der Waals surface area contributed by atoms with Gasteiger partial charge >= 0.3 is 5.69 Å². The molecule has 1 fully saturated rings. The van der Waals surface area contributed by atoms with Crippen LogP contribution in [0.1, 0.15) is 36.1 Å². The first-order chi connectivity index (χ1) is 13.5. The van der Waals surface area contributed by atoms with Crippen LogP contribution in [0.25, 0.3) is 0 Å². The molecule has 2 aliphatic heterocycles. The van der Waals surface area contributed by atoms with Crippen molar-refractivity contribution in [3.63, 3.8) is 0 Å². The third-order valence-electron chi connectivity index (χ3n) is 5.38. The number of hydrogen-bond acceptors (Lipinski definition) is 5. The molecule has 1 saturated heterocycles. The Morgan fingerprint density at radius 1 is 1.25 bits per heavy atom. The molecule has 0 unspecified atom stereocenters. The van der Waals surface area contributed by atoms with Gasteiger partial charge in [-0.2, -0.15) is 0 Å². The van der Waals surface area contributed by atoms with E-state index in [1.54, 1.807) is 0 Å². The van der Waals surface area contributed by atoms with E-state index in [2.05, 4.69) is 10.3 Å². The second-order valence-corrected chi connectivity index (χ2v) is 7.03. The highest BCUT2D eigenvalue weighted by Gasteiger charge is 2.35. The maximum absolute atomic E-state index is 15.0. The van der Waals surface area contributed by atoms with Crippen molar-refractivity contribution in [1.29, 1.82) is 0 Å². The Balaban J connectivity index is 1.73. The third-order valence-corrected chi connectivity index (χ3v) is 5.38.